The number of hydrogen-bond acceptors (Lipinski definition) is 4. The molecular formula is C14H25ClN4. The molecule has 0 spiro atoms. The van der Waals surface area contributed by atoms with Crippen LogP contribution in [0.1, 0.15) is 39.7 Å². The molecule has 1 atom stereocenters. The predicted molar refractivity (Wildman–Crippen MR) is 81.9 cm³/mol. The zero-order valence-electron chi connectivity index (χ0n) is 12.4. The fourth-order valence-electron chi connectivity index (χ4n) is 2.13. The van der Waals surface area contributed by atoms with Crippen molar-refractivity contribution in [3.63, 3.8) is 0 Å². The highest BCUT2D eigenvalue weighted by Gasteiger charge is 2.13. The molecule has 0 aromatic carbocycles. The number of likely N-dealkylation sites (N-methyl/N-ethyl adjacent to an activating group) is 1. The molecule has 5 heteroatoms. The first-order chi connectivity index (χ1) is 9.12. The number of nitrogens with one attached hydrogen (secondary N) is 1. The van der Waals surface area contributed by atoms with Crippen molar-refractivity contribution >= 4 is 17.4 Å². The van der Waals surface area contributed by atoms with Crippen LogP contribution >= 0.6 is 11.6 Å². The maximum absolute atomic E-state index is 6.15. The van der Waals surface area contributed by atoms with Gasteiger partial charge in [0.2, 0.25) is 0 Å². The van der Waals surface area contributed by atoms with Crippen LogP contribution in [0.4, 0.5) is 5.82 Å². The third kappa shape index (κ3) is 4.96. The summed E-state index contributed by atoms with van der Waals surface area (Å²) < 4.78 is 0. The van der Waals surface area contributed by atoms with Crippen LogP contribution in [0.3, 0.4) is 0 Å². The molecule has 0 aliphatic carbocycles. The summed E-state index contributed by atoms with van der Waals surface area (Å²) >= 11 is 6.15. The van der Waals surface area contributed by atoms with Crippen molar-refractivity contribution in [2.75, 3.05) is 25.0 Å². The molecule has 0 saturated heterocycles. The van der Waals surface area contributed by atoms with E-state index in [0.717, 1.165) is 43.9 Å². The van der Waals surface area contributed by atoms with Crippen LogP contribution in [0, 0.1) is 0 Å². The summed E-state index contributed by atoms with van der Waals surface area (Å²) in [6, 6.07) is 0.335. The summed E-state index contributed by atoms with van der Waals surface area (Å²) in [4.78, 5) is 10.8. The second kappa shape index (κ2) is 8.33. The zero-order valence-corrected chi connectivity index (χ0v) is 13.2. The minimum atomic E-state index is 0.335. The van der Waals surface area contributed by atoms with Crippen LogP contribution in [0.2, 0.25) is 5.15 Å². The van der Waals surface area contributed by atoms with Gasteiger partial charge in [0.25, 0.3) is 0 Å². The lowest BCUT2D eigenvalue weighted by Crippen LogP contribution is -2.35. The van der Waals surface area contributed by atoms with Gasteiger partial charge in [-0.2, -0.15) is 0 Å². The summed E-state index contributed by atoms with van der Waals surface area (Å²) in [6.45, 7) is 11.8. The largest absolute Gasteiger partial charge is 0.366 e. The first-order valence-corrected chi connectivity index (χ1v) is 7.48. The molecule has 0 saturated carbocycles. The van der Waals surface area contributed by atoms with E-state index in [1.165, 1.54) is 6.33 Å². The van der Waals surface area contributed by atoms with E-state index in [-0.39, 0.29) is 0 Å². The summed E-state index contributed by atoms with van der Waals surface area (Å²) in [6.07, 6.45) is 3.46. The number of hydrogen-bond donors (Lipinski definition) is 1. The number of aromatic nitrogens is 2. The highest BCUT2D eigenvalue weighted by Crippen LogP contribution is 2.22. The van der Waals surface area contributed by atoms with Crippen LogP contribution in [-0.4, -0.2) is 40.5 Å². The molecule has 19 heavy (non-hydrogen) atoms. The molecule has 0 aliphatic rings. The minimum absolute atomic E-state index is 0.335. The van der Waals surface area contributed by atoms with Crippen molar-refractivity contribution in [1.82, 2.24) is 14.9 Å². The number of anilines is 1. The van der Waals surface area contributed by atoms with Crippen molar-refractivity contribution in [3.05, 3.63) is 17.0 Å². The van der Waals surface area contributed by atoms with Gasteiger partial charge in [0.15, 0.2) is 0 Å². The quantitative estimate of drug-likeness (QED) is 0.744. The summed E-state index contributed by atoms with van der Waals surface area (Å²) in [5.41, 5.74) is 1.03. The van der Waals surface area contributed by atoms with Crippen molar-refractivity contribution in [2.45, 2.75) is 46.6 Å². The second-order valence-electron chi connectivity index (χ2n) is 4.77. The molecule has 0 aliphatic heterocycles. The van der Waals surface area contributed by atoms with E-state index in [1.54, 1.807) is 0 Å². The lowest BCUT2D eigenvalue weighted by molar-refractivity contribution is 0.294. The number of nitrogens with zero attached hydrogens (tertiary/aromatic N) is 3. The average molecular weight is 285 g/mol. The third-order valence-corrected chi connectivity index (χ3v) is 3.53. The highest BCUT2D eigenvalue weighted by atomic mass is 35.5. The Morgan fingerprint density at radius 2 is 1.95 bits per heavy atom. The van der Waals surface area contributed by atoms with Crippen molar-refractivity contribution < 1.29 is 0 Å². The Labute approximate surface area is 121 Å². The molecule has 0 amide bonds. The van der Waals surface area contributed by atoms with E-state index < -0.39 is 0 Å². The van der Waals surface area contributed by atoms with E-state index in [9.17, 15) is 0 Å². The van der Waals surface area contributed by atoms with Gasteiger partial charge < -0.3 is 10.2 Å². The fraction of sp³-hybridized carbons (Fsp3) is 0.714. The molecule has 1 aromatic rings. The Morgan fingerprint density at radius 3 is 2.53 bits per heavy atom. The molecule has 0 radical (unpaired) electrons. The topological polar surface area (TPSA) is 41.1 Å². The van der Waals surface area contributed by atoms with Crippen molar-refractivity contribution in [2.24, 2.45) is 0 Å². The standard InChI is InChI=1S/C14H25ClN4/c1-5-8-12-13(15)16-10-17-14(12)18-11(4)9-19(6-2)7-3/h10-11H,5-9H2,1-4H3,(H,16,17,18). The van der Waals surface area contributed by atoms with Gasteiger partial charge in [0.05, 0.1) is 0 Å². The van der Waals surface area contributed by atoms with Crippen molar-refractivity contribution in [1.29, 1.82) is 0 Å². The molecule has 108 valence electrons. The molecule has 1 rings (SSSR count). The van der Waals surface area contributed by atoms with Gasteiger partial charge >= 0.3 is 0 Å². The molecule has 0 bridgehead atoms. The van der Waals surface area contributed by atoms with Gasteiger partial charge in [-0.1, -0.05) is 38.8 Å². The van der Waals surface area contributed by atoms with E-state index in [1.807, 2.05) is 0 Å². The smallest absolute Gasteiger partial charge is 0.137 e. The predicted octanol–water partition coefficient (Wildman–Crippen LogP) is 3.22. The number of rotatable bonds is 8. The number of halogens is 1. The summed E-state index contributed by atoms with van der Waals surface area (Å²) in [5, 5.41) is 4.02. The van der Waals surface area contributed by atoms with E-state index in [0.29, 0.717) is 11.2 Å². The maximum atomic E-state index is 6.15. The van der Waals surface area contributed by atoms with Crippen molar-refractivity contribution in [3.8, 4) is 0 Å². The molecular weight excluding hydrogens is 260 g/mol. The van der Waals surface area contributed by atoms with E-state index in [4.69, 9.17) is 11.6 Å². The SMILES string of the molecule is CCCc1c(Cl)ncnc1NC(C)CN(CC)CC. The van der Waals surface area contributed by atoms with Gasteiger partial charge in [-0.25, -0.2) is 9.97 Å². The van der Waals surface area contributed by atoms with Gasteiger partial charge in [0.1, 0.15) is 17.3 Å². The lowest BCUT2D eigenvalue weighted by Gasteiger charge is -2.24. The molecule has 0 fully saturated rings. The Bertz CT molecular complexity index is 380. The lowest BCUT2D eigenvalue weighted by atomic mass is 10.1. The van der Waals surface area contributed by atoms with E-state index in [2.05, 4.69) is 47.9 Å². The highest BCUT2D eigenvalue weighted by molar-refractivity contribution is 6.30. The zero-order chi connectivity index (χ0) is 14.3. The summed E-state index contributed by atoms with van der Waals surface area (Å²) in [5.74, 6) is 0.876. The normalized spacial score (nSPS) is 12.7. The van der Waals surface area contributed by atoms with Crippen LogP contribution in [0.15, 0.2) is 6.33 Å². The Hall–Kier alpha value is -0.870. The van der Waals surface area contributed by atoms with Crippen LogP contribution in [0.5, 0.6) is 0 Å². The third-order valence-electron chi connectivity index (χ3n) is 3.20. The molecule has 1 unspecified atom stereocenters. The van der Waals surface area contributed by atoms with Crippen LogP contribution in [0.25, 0.3) is 0 Å². The summed E-state index contributed by atoms with van der Waals surface area (Å²) in [7, 11) is 0. The van der Waals surface area contributed by atoms with E-state index >= 15 is 0 Å². The maximum Gasteiger partial charge on any atom is 0.137 e. The Balaban J connectivity index is 2.73. The Morgan fingerprint density at radius 1 is 1.26 bits per heavy atom. The first kappa shape index (κ1) is 16.2. The van der Waals surface area contributed by atoms with Gasteiger partial charge in [0, 0.05) is 18.2 Å². The second-order valence-corrected chi connectivity index (χ2v) is 5.13. The molecule has 4 nitrogen and oxygen atoms in total. The fourth-order valence-corrected chi connectivity index (χ4v) is 2.36. The van der Waals surface area contributed by atoms with Crippen LogP contribution < -0.4 is 5.32 Å². The molecule has 1 heterocycles. The minimum Gasteiger partial charge on any atom is -0.366 e. The Kier molecular flexibility index (Phi) is 7.10. The van der Waals surface area contributed by atoms with Crippen LogP contribution in [-0.2, 0) is 6.42 Å². The van der Waals surface area contributed by atoms with Gasteiger partial charge in [-0.05, 0) is 26.4 Å². The van der Waals surface area contributed by atoms with Gasteiger partial charge in [-0.3, -0.25) is 0 Å². The van der Waals surface area contributed by atoms with Gasteiger partial charge in [-0.15, -0.1) is 0 Å². The average Bonchev–Trinajstić information content (AvgIpc) is 2.40. The molecule has 1 N–H and O–H groups in total. The first-order valence-electron chi connectivity index (χ1n) is 7.10. The monoisotopic (exact) mass is 284 g/mol. The molecule has 1 aromatic heterocycles.